The number of ether oxygens (including phenoxy) is 1. The van der Waals surface area contributed by atoms with E-state index < -0.39 is 0 Å². The number of halogens is 1. The van der Waals surface area contributed by atoms with Gasteiger partial charge in [0.05, 0.1) is 24.1 Å². The first-order chi connectivity index (χ1) is 12.7. The lowest BCUT2D eigenvalue weighted by atomic mass is 10.1. The van der Waals surface area contributed by atoms with Crippen LogP contribution in [0.25, 0.3) is 0 Å². The fourth-order valence-electron chi connectivity index (χ4n) is 2.55. The highest BCUT2D eigenvalue weighted by Gasteiger charge is 2.11. The van der Waals surface area contributed by atoms with E-state index in [0.29, 0.717) is 24.6 Å². The molecule has 2 N–H and O–H groups in total. The molecular weight excluding hydrogens is 459 g/mol. The Balaban J connectivity index is 0.00000364. The molecule has 0 heterocycles. The van der Waals surface area contributed by atoms with Crippen molar-refractivity contribution in [1.82, 2.24) is 10.6 Å². The molecule has 0 radical (unpaired) electrons. The van der Waals surface area contributed by atoms with Crippen molar-refractivity contribution >= 4 is 35.6 Å². The Morgan fingerprint density at radius 3 is 2.44 bits per heavy atom. The van der Waals surface area contributed by atoms with Crippen LogP contribution in [0.5, 0.6) is 5.75 Å². The third-order valence-corrected chi connectivity index (χ3v) is 3.82. The number of guanidine groups is 1. The first-order valence-corrected chi connectivity index (χ1v) is 8.52. The average molecular weight is 484 g/mol. The van der Waals surface area contributed by atoms with Crippen LogP contribution in [0, 0.1) is 10.1 Å². The lowest BCUT2D eigenvalue weighted by molar-refractivity contribution is -0.385. The van der Waals surface area contributed by atoms with Gasteiger partial charge in [-0.15, -0.1) is 24.0 Å². The Kier molecular flexibility index (Phi) is 10.2. The predicted molar refractivity (Wildman–Crippen MR) is 118 cm³/mol. The van der Waals surface area contributed by atoms with Gasteiger partial charge >= 0.3 is 0 Å². The van der Waals surface area contributed by atoms with Crippen molar-refractivity contribution in [2.45, 2.75) is 19.9 Å². The zero-order valence-electron chi connectivity index (χ0n) is 15.5. The van der Waals surface area contributed by atoms with Crippen molar-refractivity contribution in [2.24, 2.45) is 4.99 Å². The zero-order valence-corrected chi connectivity index (χ0v) is 17.8. The highest BCUT2D eigenvalue weighted by atomic mass is 127. The number of hydrogen-bond donors (Lipinski definition) is 2. The Hall–Kier alpha value is -2.36. The maximum Gasteiger partial charge on any atom is 0.274 e. The number of hydrogen-bond acceptors (Lipinski definition) is 4. The van der Waals surface area contributed by atoms with E-state index >= 15 is 0 Å². The molecule has 0 saturated carbocycles. The topological polar surface area (TPSA) is 88.8 Å². The van der Waals surface area contributed by atoms with Crippen LogP contribution in [0.3, 0.4) is 0 Å². The van der Waals surface area contributed by atoms with E-state index in [1.165, 1.54) is 6.07 Å². The number of nitro benzene ring substituents is 1. The van der Waals surface area contributed by atoms with Gasteiger partial charge in [-0.3, -0.25) is 10.1 Å². The minimum Gasteiger partial charge on any atom is -0.496 e. The van der Waals surface area contributed by atoms with E-state index in [2.05, 4.69) is 15.6 Å². The molecule has 27 heavy (non-hydrogen) atoms. The second kappa shape index (κ2) is 12.1. The molecular formula is C19H25IN4O3. The molecule has 8 heteroatoms. The summed E-state index contributed by atoms with van der Waals surface area (Å²) in [4.78, 5) is 15.2. The number of methoxy groups -OCH3 is 1. The lowest BCUT2D eigenvalue weighted by Gasteiger charge is -2.12. The number of para-hydroxylation sites is 2. The Morgan fingerprint density at radius 1 is 1.11 bits per heavy atom. The van der Waals surface area contributed by atoms with Gasteiger partial charge in [-0.1, -0.05) is 36.4 Å². The van der Waals surface area contributed by atoms with Crippen LogP contribution in [0.1, 0.15) is 18.1 Å². The summed E-state index contributed by atoms with van der Waals surface area (Å²) in [5.41, 5.74) is 1.78. The van der Waals surface area contributed by atoms with Crippen molar-refractivity contribution in [2.75, 3.05) is 20.2 Å². The third-order valence-electron chi connectivity index (χ3n) is 3.82. The van der Waals surface area contributed by atoms with Gasteiger partial charge in [0, 0.05) is 19.2 Å². The standard InChI is InChI=1S/C19H24N4O3.HI/c1-3-20-19(21-13-12-15-8-5-7-11-18(15)26-2)22-14-16-9-4-6-10-17(16)23(24)25;/h4-11H,3,12-14H2,1-2H3,(H2,20,21,22);1H. The van der Waals surface area contributed by atoms with Crippen LogP contribution in [-0.2, 0) is 13.0 Å². The number of nitro groups is 1. The number of nitrogens with zero attached hydrogens (tertiary/aromatic N) is 2. The minimum absolute atomic E-state index is 0. The maximum atomic E-state index is 11.1. The first-order valence-electron chi connectivity index (χ1n) is 8.52. The van der Waals surface area contributed by atoms with Crippen molar-refractivity contribution in [3.63, 3.8) is 0 Å². The van der Waals surface area contributed by atoms with Crippen molar-refractivity contribution in [1.29, 1.82) is 0 Å². The van der Waals surface area contributed by atoms with Gasteiger partial charge < -0.3 is 15.4 Å². The molecule has 0 aromatic heterocycles. The summed E-state index contributed by atoms with van der Waals surface area (Å²) < 4.78 is 5.35. The molecule has 0 fully saturated rings. The summed E-state index contributed by atoms with van der Waals surface area (Å²) in [5, 5.41) is 17.5. The lowest BCUT2D eigenvalue weighted by Crippen LogP contribution is -2.38. The Labute approximate surface area is 176 Å². The maximum absolute atomic E-state index is 11.1. The summed E-state index contributed by atoms with van der Waals surface area (Å²) in [7, 11) is 1.66. The number of benzene rings is 2. The van der Waals surface area contributed by atoms with E-state index in [-0.39, 0.29) is 41.1 Å². The minimum atomic E-state index is -0.382. The summed E-state index contributed by atoms with van der Waals surface area (Å²) in [6, 6.07) is 14.5. The molecule has 0 saturated heterocycles. The quantitative estimate of drug-likeness (QED) is 0.197. The molecule has 0 aliphatic carbocycles. The van der Waals surface area contributed by atoms with Crippen LogP contribution in [-0.4, -0.2) is 31.1 Å². The van der Waals surface area contributed by atoms with E-state index in [9.17, 15) is 10.1 Å². The molecule has 0 aliphatic rings. The molecule has 2 aromatic carbocycles. The molecule has 0 spiro atoms. The van der Waals surface area contributed by atoms with Gasteiger partial charge in [-0.2, -0.15) is 0 Å². The Morgan fingerprint density at radius 2 is 1.78 bits per heavy atom. The first kappa shape index (κ1) is 22.7. The van der Waals surface area contributed by atoms with Crippen LogP contribution in [0.2, 0.25) is 0 Å². The predicted octanol–water partition coefficient (Wildman–Crippen LogP) is 3.52. The van der Waals surface area contributed by atoms with Gasteiger partial charge in [0.1, 0.15) is 5.75 Å². The number of rotatable bonds is 8. The van der Waals surface area contributed by atoms with Crippen molar-refractivity contribution < 1.29 is 9.66 Å². The largest absolute Gasteiger partial charge is 0.496 e. The van der Waals surface area contributed by atoms with Gasteiger partial charge in [-0.05, 0) is 25.0 Å². The average Bonchev–Trinajstić information content (AvgIpc) is 2.66. The van der Waals surface area contributed by atoms with E-state index in [0.717, 1.165) is 17.7 Å². The summed E-state index contributed by atoms with van der Waals surface area (Å²) in [6.07, 6.45) is 0.778. The van der Waals surface area contributed by atoms with Crippen LogP contribution in [0.4, 0.5) is 5.69 Å². The number of nitrogens with one attached hydrogen (secondary N) is 2. The number of aliphatic imine (C=N–C) groups is 1. The molecule has 2 rings (SSSR count). The molecule has 7 nitrogen and oxygen atoms in total. The van der Waals surface area contributed by atoms with E-state index in [1.54, 1.807) is 25.3 Å². The van der Waals surface area contributed by atoms with Gasteiger partial charge in [0.2, 0.25) is 0 Å². The zero-order chi connectivity index (χ0) is 18.8. The van der Waals surface area contributed by atoms with Crippen LogP contribution < -0.4 is 15.4 Å². The molecule has 0 atom stereocenters. The van der Waals surface area contributed by atoms with Crippen LogP contribution >= 0.6 is 24.0 Å². The SMILES string of the molecule is CCNC(=NCc1ccccc1[N+](=O)[O-])NCCc1ccccc1OC.I. The summed E-state index contributed by atoms with van der Waals surface area (Å²) in [6.45, 7) is 3.59. The normalized spacial score (nSPS) is 10.7. The second-order valence-corrected chi connectivity index (χ2v) is 5.57. The highest BCUT2D eigenvalue weighted by molar-refractivity contribution is 14.0. The van der Waals surface area contributed by atoms with E-state index in [4.69, 9.17) is 4.74 Å². The highest BCUT2D eigenvalue weighted by Crippen LogP contribution is 2.18. The molecule has 0 bridgehead atoms. The van der Waals surface area contributed by atoms with Crippen molar-refractivity contribution in [3.05, 3.63) is 69.8 Å². The summed E-state index contributed by atoms with van der Waals surface area (Å²) in [5.74, 6) is 1.48. The molecule has 146 valence electrons. The summed E-state index contributed by atoms with van der Waals surface area (Å²) >= 11 is 0. The fourth-order valence-corrected chi connectivity index (χ4v) is 2.55. The van der Waals surface area contributed by atoms with Gasteiger partial charge in [0.25, 0.3) is 5.69 Å². The monoisotopic (exact) mass is 484 g/mol. The fraction of sp³-hybridized carbons (Fsp3) is 0.316. The van der Waals surface area contributed by atoms with Gasteiger partial charge in [0.15, 0.2) is 5.96 Å². The van der Waals surface area contributed by atoms with Crippen molar-refractivity contribution in [3.8, 4) is 5.75 Å². The smallest absolute Gasteiger partial charge is 0.274 e. The second-order valence-electron chi connectivity index (χ2n) is 5.57. The van der Waals surface area contributed by atoms with E-state index in [1.807, 2.05) is 31.2 Å². The Bertz CT molecular complexity index is 768. The molecule has 0 amide bonds. The molecule has 0 unspecified atom stereocenters. The molecule has 0 aliphatic heterocycles. The third kappa shape index (κ3) is 7.05. The van der Waals surface area contributed by atoms with Gasteiger partial charge in [-0.25, -0.2) is 4.99 Å². The molecule has 2 aromatic rings. The van der Waals surface area contributed by atoms with Crippen LogP contribution in [0.15, 0.2) is 53.5 Å².